The Morgan fingerprint density at radius 2 is 2.00 bits per heavy atom. The Hall–Kier alpha value is -0.990. The molecule has 86 valence electrons. The highest BCUT2D eigenvalue weighted by Gasteiger charge is 2.06. The second-order valence-corrected chi connectivity index (χ2v) is 4.06. The van der Waals surface area contributed by atoms with Gasteiger partial charge in [0.05, 0.1) is 5.69 Å². The first-order valence-electron chi connectivity index (χ1n) is 5.97. The molecule has 3 nitrogen and oxygen atoms in total. The van der Waals surface area contributed by atoms with Gasteiger partial charge in [-0.15, -0.1) is 0 Å². The molecule has 0 bridgehead atoms. The minimum atomic E-state index is 0.768. The first-order chi connectivity index (χ1) is 7.21. The lowest BCUT2D eigenvalue weighted by molar-refractivity contribution is 0.517. The molecule has 1 aromatic heterocycles. The number of nitrogens with zero attached hydrogens (tertiary/aromatic N) is 2. The SMILES string of the molecule is CCc1cc(NCC(CC)CC)n(C)n1. The molecule has 0 fully saturated rings. The highest BCUT2D eigenvalue weighted by Crippen LogP contribution is 2.12. The number of rotatable bonds is 6. The Morgan fingerprint density at radius 3 is 2.47 bits per heavy atom. The van der Waals surface area contributed by atoms with Gasteiger partial charge in [0, 0.05) is 19.7 Å². The van der Waals surface area contributed by atoms with Gasteiger partial charge in [0.15, 0.2) is 0 Å². The van der Waals surface area contributed by atoms with Crippen LogP contribution in [0.4, 0.5) is 5.82 Å². The molecule has 0 saturated heterocycles. The molecule has 0 radical (unpaired) electrons. The van der Waals surface area contributed by atoms with E-state index in [1.54, 1.807) is 0 Å². The van der Waals surface area contributed by atoms with Crippen LogP contribution in [0.25, 0.3) is 0 Å². The van der Waals surface area contributed by atoms with E-state index >= 15 is 0 Å². The molecule has 0 aromatic carbocycles. The van der Waals surface area contributed by atoms with Crippen LogP contribution in [0, 0.1) is 5.92 Å². The van der Waals surface area contributed by atoms with Crippen molar-refractivity contribution in [2.24, 2.45) is 13.0 Å². The van der Waals surface area contributed by atoms with Crippen LogP contribution in [-0.4, -0.2) is 16.3 Å². The summed E-state index contributed by atoms with van der Waals surface area (Å²) in [5, 5.41) is 7.88. The van der Waals surface area contributed by atoms with Gasteiger partial charge < -0.3 is 5.32 Å². The Balaban J connectivity index is 2.52. The van der Waals surface area contributed by atoms with Gasteiger partial charge in [0.25, 0.3) is 0 Å². The molecule has 0 aliphatic heterocycles. The average Bonchev–Trinajstić information content (AvgIpc) is 2.61. The number of anilines is 1. The van der Waals surface area contributed by atoms with Crippen LogP contribution in [0.5, 0.6) is 0 Å². The zero-order chi connectivity index (χ0) is 11.3. The number of hydrogen-bond acceptors (Lipinski definition) is 2. The van der Waals surface area contributed by atoms with E-state index in [-0.39, 0.29) is 0 Å². The third-order valence-corrected chi connectivity index (χ3v) is 3.02. The minimum absolute atomic E-state index is 0.768. The lowest BCUT2D eigenvalue weighted by Gasteiger charge is -2.13. The molecule has 0 aliphatic carbocycles. The molecular formula is C12H23N3. The normalized spacial score (nSPS) is 11.0. The van der Waals surface area contributed by atoms with Gasteiger partial charge in [-0.05, 0) is 12.3 Å². The van der Waals surface area contributed by atoms with Gasteiger partial charge in [0.2, 0.25) is 0 Å². The molecule has 0 aliphatic rings. The Labute approximate surface area is 92.9 Å². The summed E-state index contributed by atoms with van der Waals surface area (Å²) in [7, 11) is 1.99. The van der Waals surface area contributed by atoms with E-state index in [0.29, 0.717) is 0 Å². The fourth-order valence-electron chi connectivity index (χ4n) is 1.69. The van der Waals surface area contributed by atoms with Crippen LogP contribution in [-0.2, 0) is 13.5 Å². The van der Waals surface area contributed by atoms with Gasteiger partial charge in [-0.1, -0.05) is 33.6 Å². The second-order valence-electron chi connectivity index (χ2n) is 4.06. The molecule has 1 aromatic rings. The molecule has 0 atom stereocenters. The molecule has 1 N–H and O–H groups in total. The van der Waals surface area contributed by atoms with E-state index in [1.807, 2.05) is 11.7 Å². The Morgan fingerprint density at radius 1 is 1.33 bits per heavy atom. The topological polar surface area (TPSA) is 29.9 Å². The highest BCUT2D eigenvalue weighted by molar-refractivity contribution is 5.36. The summed E-state index contributed by atoms with van der Waals surface area (Å²) in [6.45, 7) is 7.68. The van der Waals surface area contributed by atoms with Crippen molar-refractivity contribution in [1.29, 1.82) is 0 Å². The van der Waals surface area contributed by atoms with Gasteiger partial charge >= 0.3 is 0 Å². The zero-order valence-electron chi connectivity index (χ0n) is 10.4. The molecule has 0 saturated carbocycles. The summed E-state index contributed by atoms with van der Waals surface area (Å²) in [5.41, 5.74) is 1.16. The lowest BCUT2D eigenvalue weighted by atomic mass is 10.0. The van der Waals surface area contributed by atoms with Crippen molar-refractivity contribution in [3.8, 4) is 0 Å². The van der Waals surface area contributed by atoms with E-state index in [4.69, 9.17) is 0 Å². The predicted molar refractivity (Wildman–Crippen MR) is 65.1 cm³/mol. The maximum Gasteiger partial charge on any atom is 0.124 e. The fourth-order valence-corrected chi connectivity index (χ4v) is 1.69. The smallest absolute Gasteiger partial charge is 0.124 e. The van der Waals surface area contributed by atoms with Crippen LogP contribution < -0.4 is 5.32 Å². The van der Waals surface area contributed by atoms with Crippen molar-refractivity contribution in [3.63, 3.8) is 0 Å². The first-order valence-corrected chi connectivity index (χ1v) is 5.97. The van der Waals surface area contributed by atoms with E-state index < -0.39 is 0 Å². The van der Waals surface area contributed by atoms with Crippen molar-refractivity contribution in [3.05, 3.63) is 11.8 Å². The van der Waals surface area contributed by atoms with E-state index in [2.05, 4.69) is 37.3 Å². The Kier molecular flexibility index (Phi) is 4.66. The maximum atomic E-state index is 4.41. The summed E-state index contributed by atoms with van der Waals surface area (Å²) in [5.74, 6) is 1.91. The largest absolute Gasteiger partial charge is 0.370 e. The molecule has 0 unspecified atom stereocenters. The fraction of sp³-hybridized carbons (Fsp3) is 0.750. The van der Waals surface area contributed by atoms with Crippen molar-refractivity contribution >= 4 is 5.82 Å². The van der Waals surface area contributed by atoms with Crippen molar-refractivity contribution in [2.45, 2.75) is 40.0 Å². The summed E-state index contributed by atoms with van der Waals surface area (Å²) in [4.78, 5) is 0. The van der Waals surface area contributed by atoms with Crippen molar-refractivity contribution in [2.75, 3.05) is 11.9 Å². The third kappa shape index (κ3) is 3.26. The minimum Gasteiger partial charge on any atom is -0.370 e. The average molecular weight is 209 g/mol. The van der Waals surface area contributed by atoms with Gasteiger partial charge in [-0.3, -0.25) is 4.68 Å². The summed E-state index contributed by atoms with van der Waals surface area (Å²) in [6.07, 6.45) is 3.48. The number of hydrogen-bond donors (Lipinski definition) is 1. The lowest BCUT2D eigenvalue weighted by Crippen LogP contribution is -2.14. The van der Waals surface area contributed by atoms with Crippen LogP contribution in [0.15, 0.2) is 6.07 Å². The molecule has 1 rings (SSSR count). The van der Waals surface area contributed by atoms with Crippen LogP contribution >= 0.6 is 0 Å². The quantitative estimate of drug-likeness (QED) is 0.780. The molecular weight excluding hydrogens is 186 g/mol. The predicted octanol–water partition coefficient (Wildman–Crippen LogP) is 2.83. The monoisotopic (exact) mass is 209 g/mol. The number of aryl methyl sites for hydroxylation is 2. The van der Waals surface area contributed by atoms with E-state index in [9.17, 15) is 0 Å². The number of nitrogens with one attached hydrogen (secondary N) is 1. The molecule has 0 spiro atoms. The standard InChI is InChI=1S/C12H23N3/c1-5-10(6-2)9-13-12-8-11(7-3)14-15(12)4/h8,10,13H,5-7,9H2,1-4H3. The van der Waals surface area contributed by atoms with Crippen LogP contribution in [0.3, 0.4) is 0 Å². The molecule has 0 amide bonds. The first kappa shape index (κ1) is 12.1. The summed E-state index contributed by atoms with van der Waals surface area (Å²) in [6, 6.07) is 2.14. The zero-order valence-corrected chi connectivity index (χ0v) is 10.4. The molecule has 3 heteroatoms. The van der Waals surface area contributed by atoms with Gasteiger partial charge in [0.1, 0.15) is 5.82 Å². The highest BCUT2D eigenvalue weighted by atomic mass is 15.3. The maximum absolute atomic E-state index is 4.41. The van der Waals surface area contributed by atoms with Crippen LogP contribution in [0.2, 0.25) is 0 Å². The Bertz CT molecular complexity index is 287. The van der Waals surface area contributed by atoms with Gasteiger partial charge in [-0.2, -0.15) is 5.10 Å². The van der Waals surface area contributed by atoms with Crippen molar-refractivity contribution in [1.82, 2.24) is 9.78 Å². The second kappa shape index (κ2) is 5.79. The summed E-state index contributed by atoms with van der Waals surface area (Å²) < 4.78 is 1.93. The third-order valence-electron chi connectivity index (χ3n) is 3.02. The van der Waals surface area contributed by atoms with Gasteiger partial charge in [-0.25, -0.2) is 0 Å². The number of aromatic nitrogens is 2. The van der Waals surface area contributed by atoms with Crippen molar-refractivity contribution < 1.29 is 0 Å². The summed E-state index contributed by atoms with van der Waals surface area (Å²) >= 11 is 0. The molecule has 1 heterocycles. The van der Waals surface area contributed by atoms with E-state index in [1.165, 1.54) is 12.8 Å². The molecule has 15 heavy (non-hydrogen) atoms. The van der Waals surface area contributed by atoms with E-state index in [0.717, 1.165) is 30.4 Å². The van der Waals surface area contributed by atoms with Crippen LogP contribution in [0.1, 0.15) is 39.3 Å².